The largest absolute Gasteiger partial charge is 0.310 e. The zero-order chi connectivity index (χ0) is 9.97. The van der Waals surface area contributed by atoms with Crippen molar-refractivity contribution in [2.45, 2.75) is 0 Å². The molecule has 14 heavy (non-hydrogen) atoms. The Morgan fingerprint density at radius 3 is 3.00 bits per heavy atom. The van der Waals surface area contributed by atoms with Crippen molar-refractivity contribution in [3.8, 4) is 0 Å². The van der Waals surface area contributed by atoms with Gasteiger partial charge in [-0.05, 0) is 18.6 Å². The quantitative estimate of drug-likeness (QED) is 0.486. The summed E-state index contributed by atoms with van der Waals surface area (Å²) in [4.78, 5) is 18.0. The third kappa shape index (κ3) is 1.70. The molecule has 0 atom stereocenters. The normalized spacial score (nSPS) is 17.7. The van der Waals surface area contributed by atoms with Crippen LogP contribution < -0.4 is 0 Å². The van der Waals surface area contributed by atoms with Crippen LogP contribution in [0.5, 0.6) is 0 Å². The van der Waals surface area contributed by atoms with Crippen molar-refractivity contribution in [2.24, 2.45) is 5.92 Å². The molecule has 1 aromatic rings. The number of Topliss-reactive ketones (excluding diaryl/α,β-unsaturated/α-hetero) is 1. The third-order valence-corrected chi connectivity index (χ3v) is 2.72. The Bertz CT molecular complexity index is 322. The summed E-state index contributed by atoms with van der Waals surface area (Å²) in [6.45, 7) is 1.81. The van der Waals surface area contributed by atoms with Gasteiger partial charge in [0.1, 0.15) is 7.85 Å². The van der Waals surface area contributed by atoms with Gasteiger partial charge in [-0.2, -0.15) is 0 Å². The van der Waals surface area contributed by atoms with Gasteiger partial charge >= 0.3 is 0 Å². The summed E-state index contributed by atoms with van der Waals surface area (Å²) in [5.74, 6) is 0.432. The first kappa shape index (κ1) is 9.40. The number of hydrogen-bond acceptors (Lipinski definition) is 3. The van der Waals surface area contributed by atoms with Crippen LogP contribution in [0.3, 0.4) is 0 Å². The topological polar surface area (TPSA) is 33.2 Å². The number of likely N-dealkylation sites (tertiary alicyclic amines) is 1. The molecule has 0 bridgehead atoms. The van der Waals surface area contributed by atoms with E-state index in [-0.39, 0.29) is 11.7 Å². The van der Waals surface area contributed by atoms with Gasteiger partial charge in [0, 0.05) is 37.0 Å². The Kier molecular flexibility index (Phi) is 2.63. The van der Waals surface area contributed by atoms with E-state index >= 15 is 0 Å². The van der Waals surface area contributed by atoms with E-state index in [1.54, 1.807) is 12.4 Å². The first-order valence-electron chi connectivity index (χ1n) is 4.98. The second-order valence-corrected chi connectivity index (χ2v) is 3.66. The van der Waals surface area contributed by atoms with Gasteiger partial charge < -0.3 is 4.90 Å². The van der Waals surface area contributed by atoms with Crippen LogP contribution in [0.1, 0.15) is 10.4 Å². The molecule has 0 N–H and O–H groups in total. The Morgan fingerprint density at radius 2 is 2.43 bits per heavy atom. The Labute approximate surface area is 84.5 Å². The summed E-state index contributed by atoms with van der Waals surface area (Å²) >= 11 is 0. The van der Waals surface area contributed by atoms with Crippen molar-refractivity contribution < 1.29 is 4.79 Å². The van der Waals surface area contributed by atoms with E-state index in [9.17, 15) is 4.79 Å². The van der Waals surface area contributed by atoms with E-state index in [2.05, 4.69) is 17.7 Å². The summed E-state index contributed by atoms with van der Waals surface area (Å²) in [6, 6.07) is 3.65. The molecule has 1 aromatic heterocycles. The number of aromatic nitrogens is 1. The molecule has 0 radical (unpaired) electrons. The van der Waals surface area contributed by atoms with Crippen LogP contribution >= 0.6 is 0 Å². The second-order valence-electron chi connectivity index (χ2n) is 3.66. The molecular weight excluding hydrogens is 175 g/mol. The van der Waals surface area contributed by atoms with Gasteiger partial charge in [-0.25, -0.2) is 0 Å². The second kappa shape index (κ2) is 3.92. The van der Waals surface area contributed by atoms with Gasteiger partial charge in [-0.15, -0.1) is 0 Å². The van der Waals surface area contributed by atoms with Crippen molar-refractivity contribution in [2.75, 3.05) is 19.5 Å². The molecule has 0 saturated carbocycles. The maximum Gasteiger partial charge on any atom is 0.170 e. The highest BCUT2D eigenvalue weighted by Gasteiger charge is 2.31. The molecule has 4 heteroatoms. The van der Waals surface area contributed by atoms with Crippen LogP contribution in [0.15, 0.2) is 24.5 Å². The van der Waals surface area contributed by atoms with Crippen LogP contribution in [-0.4, -0.2) is 43.0 Å². The fourth-order valence-corrected chi connectivity index (χ4v) is 1.74. The molecule has 1 aliphatic heterocycles. The van der Waals surface area contributed by atoms with Gasteiger partial charge in [0.15, 0.2) is 5.78 Å². The van der Waals surface area contributed by atoms with Crippen molar-refractivity contribution in [3.05, 3.63) is 30.1 Å². The van der Waals surface area contributed by atoms with Crippen LogP contribution in [0.2, 0.25) is 0 Å². The minimum Gasteiger partial charge on any atom is -0.310 e. The number of carbonyl (C=O) groups is 1. The number of ketones is 1. The lowest BCUT2D eigenvalue weighted by Crippen LogP contribution is -2.50. The zero-order valence-corrected chi connectivity index (χ0v) is 8.31. The molecule has 0 unspecified atom stereocenters. The summed E-state index contributed by atoms with van der Waals surface area (Å²) in [5, 5.41) is 0. The fraction of sp³-hybridized carbons (Fsp3) is 0.400. The fourth-order valence-electron chi connectivity index (χ4n) is 1.74. The van der Waals surface area contributed by atoms with Crippen LogP contribution in [0.25, 0.3) is 0 Å². The molecule has 0 amide bonds. The standard InChI is InChI=1S/C10H13BN2O/c11-7-13-5-9(6-13)10(14)8-2-1-3-12-4-8/h1-4,9H,5-7,11H2. The summed E-state index contributed by atoms with van der Waals surface area (Å²) < 4.78 is 0. The monoisotopic (exact) mass is 188 g/mol. The van der Waals surface area contributed by atoms with Crippen molar-refractivity contribution >= 4 is 13.6 Å². The maximum atomic E-state index is 11.8. The number of pyridine rings is 1. The lowest BCUT2D eigenvalue weighted by molar-refractivity contribution is 0.0681. The third-order valence-electron chi connectivity index (χ3n) is 2.72. The van der Waals surface area contributed by atoms with Crippen LogP contribution in [0.4, 0.5) is 0 Å². The smallest absolute Gasteiger partial charge is 0.170 e. The highest BCUT2D eigenvalue weighted by Crippen LogP contribution is 2.18. The van der Waals surface area contributed by atoms with E-state index in [0.717, 1.165) is 25.1 Å². The minimum atomic E-state index is 0.194. The summed E-state index contributed by atoms with van der Waals surface area (Å²) in [5.41, 5.74) is 0.744. The van der Waals surface area contributed by atoms with Crippen molar-refractivity contribution in [1.29, 1.82) is 0 Å². The van der Waals surface area contributed by atoms with E-state index in [1.165, 1.54) is 0 Å². The average molecular weight is 188 g/mol. The van der Waals surface area contributed by atoms with Gasteiger partial charge in [0.25, 0.3) is 0 Å². The maximum absolute atomic E-state index is 11.8. The van der Waals surface area contributed by atoms with Crippen LogP contribution in [0, 0.1) is 5.92 Å². The number of rotatable bonds is 3. The molecule has 3 nitrogen and oxygen atoms in total. The highest BCUT2D eigenvalue weighted by molar-refractivity contribution is 6.09. The van der Waals surface area contributed by atoms with E-state index in [4.69, 9.17) is 0 Å². The van der Waals surface area contributed by atoms with Gasteiger partial charge in [0.05, 0.1) is 0 Å². The van der Waals surface area contributed by atoms with Crippen molar-refractivity contribution in [3.63, 3.8) is 0 Å². The highest BCUT2D eigenvalue weighted by atomic mass is 16.1. The predicted octanol–water partition coefficient (Wildman–Crippen LogP) is -0.213. The van der Waals surface area contributed by atoms with E-state index < -0.39 is 0 Å². The van der Waals surface area contributed by atoms with Crippen LogP contribution in [-0.2, 0) is 0 Å². The molecule has 0 spiro atoms. The Balaban J connectivity index is 1.98. The van der Waals surface area contributed by atoms with Crippen molar-refractivity contribution in [1.82, 2.24) is 9.88 Å². The molecule has 1 aliphatic rings. The van der Waals surface area contributed by atoms with Gasteiger partial charge in [0.2, 0.25) is 0 Å². The van der Waals surface area contributed by atoms with Gasteiger partial charge in [-0.1, -0.05) is 0 Å². The molecular formula is C10H13BN2O. The lowest BCUT2D eigenvalue weighted by atomic mass is 9.90. The first-order chi connectivity index (χ1) is 6.81. The molecule has 0 aromatic carbocycles. The minimum absolute atomic E-state index is 0.194. The van der Waals surface area contributed by atoms with E-state index in [0.29, 0.717) is 0 Å². The van der Waals surface area contributed by atoms with Gasteiger partial charge in [-0.3, -0.25) is 9.78 Å². The molecule has 1 fully saturated rings. The molecule has 2 heterocycles. The summed E-state index contributed by atoms with van der Waals surface area (Å²) in [7, 11) is 2.12. The summed E-state index contributed by atoms with van der Waals surface area (Å²) in [6.07, 6.45) is 4.38. The number of carbonyl (C=O) groups excluding carboxylic acids is 1. The molecule has 2 rings (SSSR count). The number of hydrogen-bond donors (Lipinski definition) is 0. The first-order valence-corrected chi connectivity index (χ1v) is 4.98. The predicted molar refractivity (Wildman–Crippen MR) is 57.0 cm³/mol. The number of nitrogens with zero attached hydrogens (tertiary/aromatic N) is 2. The Morgan fingerprint density at radius 1 is 1.64 bits per heavy atom. The molecule has 0 aliphatic carbocycles. The molecule has 72 valence electrons. The Hall–Kier alpha value is -1.16. The molecule has 1 saturated heterocycles. The SMILES string of the molecule is BCN1CC(C(=O)c2cccnc2)C1. The van der Waals surface area contributed by atoms with E-state index in [1.807, 2.05) is 12.1 Å². The zero-order valence-electron chi connectivity index (χ0n) is 8.31. The lowest BCUT2D eigenvalue weighted by Gasteiger charge is -2.37. The average Bonchev–Trinajstić information content (AvgIpc) is 2.17.